The summed E-state index contributed by atoms with van der Waals surface area (Å²) in [6.07, 6.45) is 0.929. The second-order valence-electron chi connectivity index (χ2n) is 3.82. The molecule has 0 saturated heterocycles. The monoisotopic (exact) mass is 257 g/mol. The molecule has 0 aromatic heterocycles. The second-order valence-corrected chi connectivity index (χ2v) is 4.22. The van der Waals surface area contributed by atoms with Gasteiger partial charge in [0.1, 0.15) is 5.75 Å². The first-order chi connectivity index (χ1) is 8.04. The van der Waals surface area contributed by atoms with E-state index in [4.69, 9.17) is 11.6 Å². The molecule has 1 unspecified atom stereocenters. The first-order valence-electron chi connectivity index (χ1n) is 5.49. The Bertz CT molecular complexity index is 395. The van der Waals surface area contributed by atoms with Gasteiger partial charge in [-0.2, -0.15) is 0 Å². The Labute approximate surface area is 105 Å². The number of phenolic OH excluding ortho intramolecular Hbond substituents is 1. The van der Waals surface area contributed by atoms with E-state index in [0.717, 1.165) is 6.42 Å². The topological polar surface area (TPSA) is 69.6 Å². The molecule has 0 spiro atoms. The Morgan fingerprint density at radius 3 is 2.88 bits per heavy atom. The van der Waals surface area contributed by atoms with Crippen LogP contribution in [0.2, 0.25) is 5.02 Å². The molecule has 1 aromatic carbocycles. The number of carbonyl (C=O) groups is 1. The molecular weight excluding hydrogens is 242 g/mol. The van der Waals surface area contributed by atoms with Crippen LogP contribution in [0.1, 0.15) is 30.1 Å². The van der Waals surface area contributed by atoms with Crippen molar-refractivity contribution in [2.24, 2.45) is 0 Å². The van der Waals surface area contributed by atoms with Gasteiger partial charge in [0.25, 0.3) is 5.91 Å². The summed E-state index contributed by atoms with van der Waals surface area (Å²) in [6.45, 7) is 2.13. The van der Waals surface area contributed by atoms with Gasteiger partial charge in [-0.1, -0.05) is 24.9 Å². The molecule has 4 nitrogen and oxygen atoms in total. The maximum atomic E-state index is 11.7. The van der Waals surface area contributed by atoms with Crippen molar-refractivity contribution in [3.63, 3.8) is 0 Å². The third-order valence-corrected chi connectivity index (χ3v) is 2.64. The summed E-state index contributed by atoms with van der Waals surface area (Å²) in [4.78, 5) is 11.7. The van der Waals surface area contributed by atoms with Crippen LogP contribution in [0.15, 0.2) is 18.2 Å². The van der Waals surface area contributed by atoms with Gasteiger partial charge in [-0.05, 0) is 24.6 Å². The third kappa shape index (κ3) is 4.24. The van der Waals surface area contributed by atoms with E-state index in [1.165, 1.54) is 18.2 Å². The molecule has 0 aliphatic carbocycles. The highest BCUT2D eigenvalue weighted by Gasteiger charge is 2.12. The Morgan fingerprint density at radius 2 is 2.24 bits per heavy atom. The van der Waals surface area contributed by atoms with Gasteiger partial charge in [0.05, 0.1) is 16.7 Å². The smallest absolute Gasteiger partial charge is 0.253 e. The van der Waals surface area contributed by atoms with Crippen LogP contribution in [0, 0.1) is 0 Å². The molecule has 0 bridgehead atoms. The van der Waals surface area contributed by atoms with Crippen molar-refractivity contribution in [2.75, 3.05) is 6.54 Å². The Hall–Kier alpha value is -1.26. The molecule has 1 atom stereocenters. The molecule has 0 radical (unpaired) electrons. The number of phenols is 1. The van der Waals surface area contributed by atoms with E-state index in [1.807, 2.05) is 6.92 Å². The third-order valence-electron chi connectivity index (χ3n) is 2.31. The summed E-state index contributed by atoms with van der Waals surface area (Å²) in [5, 5.41) is 21.6. The summed E-state index contributed by atoms with van der Waals surface area (Å²) >= 11 is 5.83. The lowest BCUT2D eigenvalue weighted by atomic mass is 10.2. The van der Waals surface area contributed by atoms with Crippen LogP contribution in [0.5, 0.6) is 5.75 Å². The average molecular weight is 258 g/mol. The summed E-state index contributed by atoms with van der Waals surface area (Å²) in [7, 11) is 0. The SMILES string of the molecule is CCCC(O)CNC(=O)c1cc(O)ccc1Cl. The van der Waals surface area contributed by atoms with Gasteiger partial charge in [-0.25, -0.2) is 0 Å². The number of hydrogen-bond donors (Lipinski definition) is 3. The normalized spacial score (nSPS) is 12.2. The lowest BCUT2D eigenvalue weighted by Gasteiger charge is -2.11. The number of carbonyl (C=O) groups excluding carboxylic acids is 1. The summed E-state index contributed by atoms with van der Waals surface area (Å²) in [6, 6.07) is 4.16. The van der Waals surface area contributed by atoms with E-state index in [1.54, 1.807) is 0 Å². The zero-order valence-corrected chi connectivity index (χ0v) is 10.4. The van der Waals surface area contributed by atoms with Gasteiger partial charge in [-0.15, -0.1) is 0 Å². The van der Waals surface area contributed by atoms with Gasteiger partial charge in [0, 0.05) is 6.54 Å². The lowest BCUT2D eigenvalue weighted by molar-refractivity contribution is 0.0910. The Morgan fingerprint density at radius 1 is 1.53 bits per heavy atom. The molecular formula is C12H16ClNO3. The minimum absolute atomic E-state index is 0.0198. The van der Waals surface area contributed by atoms with Crippen LogP contribution in [0.3, 0.4) is 0 Å². The van der Waals surface area contributed by atoms with E-state index < -0.39 is 12.0 Å². The number of aromatic hydroxyl groups is 1. The van der Waals surface area contributed by atoms with E-state index in [0.29, 0.717) is 6.42 Å². The lowest BCUT2D eigenvalue weighted by Crippen LogP contribution is -2.32. The first-order valence-corrected chi connectivity index (χ1v) is 5.87. The highest BCUT2D eigenvalue weighted by atomic mass is 35.5. The second kappa shape index (κ2) is 6.47. The van der Waals surface area contributed by atoms with Crippen LogP contribution >= 0.6 is 11.6 Å². The zero-order chi connectivity index (χ0) is 12.8. The number of hydrogen-bond acceptors (Lipinski definition) is 3. The number of nitrogens with one attached hydrogen (secondary N) is 1. The maximum absolute atomic E-state index is 11.7. The van der Waals surface area contributed by atoms with Crippen molar-refractivity contribution >= 4 is 17.5 Å². The van der Waals surface area contributed by atoms with Crippen molar-refractivity contribution in [3.8, 4) is 5.75 Å². The van der Waals surface area contributed by atoms with Gasteiger partial charge < -0.3 is 15.5 Å². The number of benzene rings is 1. The van der Waals surface area contributed by atoms with Crippen molar-refractivity contribution in [1.29, 1.82) is 0 Å². The summed E-state index contributed by atoms with van der Waals surface area (Å²) in [5.74, 6) is -0.422. The quantitative estimate of drug-likeness (QED) is 0.755. The molecule has 1 amide bonds. The fraction of sp³-hybridized carbons (Fsp3) is 0.417. The number of halogens is 1. The largest absolute Gasteiger partial charge is 0.508 e. The number of aliphatic hydroxyl groups is 1. The highest BCUT2D eigenvalue weighted by Crippen LogP contribution is 2.20. The van der Waals surface area contributed by atoms with E-state index in [2.05, 4.69) is 5.32 Å². The molecule has 5 heteroatoms. The van der Waals surface area contributed by atoms with Crippen LogP contribution in [-0.2, 0) is 0 Å². The molecule has 0 aliphatic rings. The molecule has 17 heavy (non-hydrogen) atoms. The fourth-order valence-electron chi connectivity index (χ4n) is 1.43. The van der Waals surface area contributed by atoms with E-state index in [-0.39, 0.29) is 22.9 Å². The average Bonchev–Trinajstić information content (AvgIpc) is 2.29. The summed E-state index contributed by atoms with van der Waals surface area (Å²) in [5.41, 5.74) is 0.204. The van der Waals surface area contributed by atoms with Crippen LogP contribution in [0.4, 0.5) is 0 Å². The van der Waals surface area contributed by atoms with Crippen molar-refractivity contribution < 1.29 is 15.0 Å². The molecule has 0 saturated carbocycles. The number of aliphatic hydroxyl groups excluding tert-OH is 1. The minimum Gasteiger partial charge on any atom is -0.508 e. The van der Waals surface area contributed by atoms with Crippen LogP contribution in [-0.4, -0.2) is 28.8 Å². The fourth-order valence-corrected chi connectivity index (χ4v) is 1.63. The van der Waals surface area contributed by atoms with Crippen molar-refractivity contribution in [1.82, 2.24) is 5.32 Å². The predicted molar refractivity (Wildman–Crippen MR) is 66.4 cm³/mol. The van der Waals surface area contributed by atoms with Gasteiger partial charge in [0.15, 0.2) is 0 Å². The molecule has 0 heterocycles. The van der Waals surface area contributed by atoms with Crippen LogP contribution < -0.4 is 5.32 Å². The maximum Gasteiger partial charge on any atom is 0.253 e. The van der Waals surface area contributed by atoms with E-state index in [9.17, 15) is 15.0 Å². The van der Waals surface area contributed by atoms with Gasteiger partial charge in [-0.3, -0.25) is 4.79 Å². The number of amides is 1. The molecule has 3 N–H and O–H groups in total. The molecule has 0 fully saturated rings. The van der Waals surface area contributed by atoms with Crippen LogP contribution in [0.25, 0.3) is 0 Å². The van der Waals surface area contributed by atoms with E-state index >= 15 is 0 Å². The predicted octanol–water partition coefficient (Wildman–Crippen LogP) is 1.94. The van der Waals surface area contributed by atoms with Crippen molar-refractivity contribution in [3.05, 3.63) is 28.8 Å². The Kier molecular flexibility index (Phi) is 5.25. The molecule has 0 aliphatic heterocycles. The molecule has 1 aromatic rings. The summed E-state index contributed by atoms with van der Waals surface area (Å²) < 4.78 is 0. The van der Waals surface area contributed by atoms with Crippen molar-refractivity contribution in [2.45, 2.75) is 25.9 Å². The Balaban J connectivity index is 2.61. The zero-order valence-electron chi connectivity index (χ0n) is 9.61. The number of rotatable bonds is 5. The molecule has 94 valence electrons. The van der Waals surface area contributed by atoms with Gasteiger partial charge in [0.2, 0.25) is 0 Å². The molecule has 1 rings (SSSR count). The standard InChI is InChI=1S/C12H16ClNO3/c1-2-3-9(16)7-14-12(17)10-6-8(15)4-5-11(10)13/h4-6,9,15-16H,2-3,7H2,1H3,(H,14,17). The highest BCUT2D eigenvalue weighted by molar-refractivity contribution is 6.33. The van der Waals surface area contributed by atoms with Gasteiger partial charge >= 0.3 is 0 Å². The first kappa shape index (κ1) is 13.8. The minimum atomic E-state index is -0.556.